The largest absolute Gasteiger partial charge is 0.316 e. The van der Waals surface area contributed by atoms with Gasteiger partial charge in [0.1, 0.15) is 5.15 Å². The van der Waals surface area contributed by atoms with E-state index >= 15 is 0 Å². The van der Waals surface area contributed by atoms with Crippen molar-refractivity contribution in [2.75, 3.05) is 13.1 Å². The minimum Gasteiger partial charge on any atom is -0.316 e. The molecule has 3 rings (SSSR count). The molecule has 1 aliphatic heterocycles. The first-order valence-corrected chi connectivity index (χ1v) is 6.22. The maximum Gasteiger partial charge on any atom is 0.129 e. The second kappa shape index (κ2) is 4.19. The number of nitrogens with zero attached hydrogens (tertiary/aromatic N) is 1. The maximum atomic E-state index is 5.81. The smallest absolute Gasteiger partial charge is 0.129 e. The Bertz CT molecular complexity index is 410. The molecule has 2 aliphatic rings. The summed E-state index contributed by atoms with van der Waals surface area (Å²) >= 11 is 5.81. The molecule has 3 heteroatoms. The van der Waals surface area contributed by atoms with Crippen LogP contribution in [0, 0.1) is 11.8 Å². The van der Waals surface area contributed by atoms with Crippen molar-refractivity contribution in [3.8, 4) is 0 Å². The van der Waals surface area contributed by atoms with Gasteiger partial charge in [-0.05, 0) is 48.4 Å². The van der Waals surface area contributed by atoms with Crippen molar-refractivity contribution in [2.45, 2.75) is 12.8 Å². The van der Waals surface area contributed by atoms with Crippen molar-refractivity contribution >= 4 is 17.2 Å². The van der Waals surface area contributed by atoms with Gasteiger partial charge in [0.05, 0.1) is 0 Å². The molecule has 1 aliphatic carbocycles. The Hall–Kier alpha value is -0.860. The highest BCUT2D eigenvalue weighted by molar-refractivity contribution is 6.29. The number of hydrogen-bond acceptors (Lipinski definition) is 2. The zero-order chi connectivity index (χ0) is 11.0. The van der Waals surface area contributed by atoms with Gasteiger partial charge in [-0.3, -0.25) is 0 Å². The summed E-state index contributed by atoms with van der Waals surface area (Å²) in [5, 5.41) is 4.06. The maximum absolute atomic E-state index is 5.81. The molecule has 2 atom stereocenters. The summed E-state index contributed by atoms with van der Waals surface area (Å²) in [5.41, 5.74) is 2.69. The van der Waals surface area contributed by atoms with Crippen LogP contribution in [0.15, 0.2) is 24.4 Å². The highest BCUT2D eigenvalue weighted by Gasteiger charge is 2.26. The van der Waals surface area contributed by atoms with Crippen LogP contribution in [-0.4, -0.2) is 18.1 Å². The lowest BCUT2D eigenvalue weighted by Crippen LogP contribution is -2.37. The highest BCUT2D eigenvalue weighted by atomic mass is 35.5. The van der Waals surface area contributed by atoms with Gasteiger partial charge in [0.25, 0.3) is 0 Å². The summed E-state index contributed by atoms with van der Waals surface area (Å²) in [4.78, 5) is 4.16. The van der Waals surface area contributed by atoms with Gasteiger partial charge in [0, 0.05) is 12.7 Å². The number of hydrogen-bond donors (Lipinski definition) is 1. The summed E-state index contributed by atoms with van der Waals surface area (Å²) in [5.74, 6) is 1.51. The SMILES string of the molecule is Clc1ccc(C2=C[C@@H]3CNC[C@H](C2)C3)cn1. The number of pyridine rings is 1. The molecule has 0 amide bonds. The van der Waals surface area contributed by atoms with Crippen LogP contribution in [0.5, 0.6) is 0 Å². The van der Waals surface area contributed by atoms with E-state index in [-0.39, 0.29) is 0 Å². The van der Waals surface area contributed by atoms with E-state index < -0.39 is 0 Å². The fraction of sp³-hybridized carbons (Fsp3) is 0.462. The first-order valence-electron chi connectivity index (χ1n) is 5.84. The first-order chi connectivity index (χ1) is 7.81. The predicted octanol–water partition coefficient (Wildman–Crippen LogP) is 2.75. The average Bonchev–Trinajstić information content (AvgIpc) is 2.29. The molecule has 1 N–H and O–H groups in total. The molecule has 1 aromatic heterocycles. The minimum absolute atomic E-state index is 0.571. The van der Waals surface area contributed by atoms with Gasteiger partial charge in [0.15, 0.2) is 0 Å². The number of halogens is 1. The van der Waals surface area contributed by atoms with Gasteiger partial charge >= 0.3 is 0 Å². The van der Waals surface area contributed by atoms with Crippen LogP contribution in [0.25, 0.3) is 5.57 Å². The normalized spacial score (nSPS) is 28.7. The number of rotatable bonds is 1. The summed E-state index contributed by atoms with van der Waals surface area (Å²) in [7, 11) is 0. The molecular weight excluding hydrogens is 220 g/mol. The zero-order valence-corrected chi connectivity index (χ0v) is 9.87. The molecule has 2 bridgehead atoms. The molecular formula is C13H15ClN2. The predicted molar refractivity (Wildman–Crippen MR) is 66.3 cm³/mol. The van der Waals surface area contributed by atoms with Crippen LogP contribution in [0.3, 0.4) is 0 Å². The Balaban J connectivity index is 1.89. The van der Waals surface area contributed by atoms with E-state index in [4.69, 9.17) is 11.6 Å². The van der Waals surface area contributed by atoms with Crippen LogP contribution < -0.4 is 5.32 Å². The van der Waals surface area contributed by atoms with Crippen molar-refractivity contribution in [1.29, 1.82) is 0 Å². The monoisotopic (exact) mass is 234 g/mol. The van der Waals surface area contributed by atoms with Crippen molar-refractivity contribution in [3.63, 3.8) is 0 Å². The lowest BCUT2D eigenvalue weighted by atomic mass is 9.78. The molecule has 0 saturated carbocycles. The molecule has 84 valence electrons. The molecule has 2 nitrogen and oxygen atoms in total. The Labute approximate surface area is 101 Å². The van der Waals surface area contributed by atoms with Crippen LogP contribution in [0.1, 0.15) is 18.4 Å². The first kappa shape index (κ1) is 10.3. The van der Waals surface area contributed by atoms with Gasteiger partial charge in [0.2, 0.25) is 0 Å². The molecule has 0 radical (unpaired) electrons. The Morgan fingerprint density at radius 2 is 2.25 bits per heavy atom. The van der Waals surface area contributed by atoms with Crippen LogP contribution >= 0.6 is 11.6 Å². The van der Waals surface area contributed by atoms with Gasteiger partial charge < -0.3 is 5.32 Å². The van der Waals surface area contributed by atoms with Crippen LogP contribution in [0.4, 0.5) is 0 Å². The van der Waals surface area contributed by atoms with Crippen molar-refractivity contribution < 1.29 is 0 Å². The van der Waals surface area contributed by atoms with E-state index in [0.29, 0.717) is 11.1 Å². The quantitative estimate of drug-likeness (QED) is 0.756. The lowest BCUT2D eigenvalue weighted by Gasteiger charge is -2.34. The molecule has 1 saturated heterocycles. The van der Waals surface area contributed by atoms with Crippen molar-refractivity contribution in [3.05, 3.63) is 35.1 Å². The summed E-state index contributed by atoms with van der Waals surface area (Å²) in [6, 6.07) is 3.95. The van der Waals surface area contributed by atoms with Gasteiger partial charge in [-0.1, -0.05) is 23.7 Å². The van der Waals surface area contributed by atoms with E-state index in [1.165, 1.54) is 24.0 Å². The molecule has 2 heterocycles. The van der Waals surface area contributed by atoms with E-state index in [2.05, 4.69) is 22.4 Å². The summed E-state index contributed by atoms with van der Waals surface area (Å²) in [6.45, 7) is 2.29. The molecule has 16 heavy (non-hydrogen) atoms. The van der Waals surface area contributed by atoms with Crippen LogP contribution in [-0.2, 0) is 0 Å². The zero-order valence-electron chi connectivity index (χ0n) is 9.12. The molecule has 1 fully saturated rings. The van der Waals surface area contributed by atoms with E-state index in [1.54, 1.807) is 0 Å². The summed E-state index contributed by atoms with van der Waals surface area (Å²) in [6.07, 6.45) is 6.82. The topological polar surface area (TPSA) is 24.9 Å². The van der Waals surface area contributed by atoms with Gasteiger partial charge in [-0.15, -0.1) is 0 Å². The average molecular weight is 235 g/mol. The summed E-state index contributed by atoms with van der Waals surface area (Å²) < 4.78 is 0. The molecule has 0 aromatic carbocycles. The number of allylic oxidation sites excluding steroid dienone is 1. The molecule has 0 spiro atoms. The fourth-order valence-electron chi connectivity index (χ4n) is 2.79. The van der Waals surface area contributed by atoms with Crippen LogP contribution in [0.2, 0.25) is 5.15 Å². The molecule has 0 unspecified atom stereocenters. The van der Waals surface area contributed by atoms with E-state index in [0.717, 1.165) is 19.0 Å². The van der Waals surface area contributed by atoms with E-state index in [1.807, 2.05) is 12.3 Å². The third-order valence-corrected chi connectivity index (χ3v) is 3.74. The van der Waals surface area contributed by atoms with E-state index in [9.17, 15) is 0 Å². The third kappa shape index (κ3) is 2.00. The highest BCUT2D eigenvalue weighted by Crippen LogP contribution is 2.35. The standard InChI is InChI=1S/C13H15ClN2/c14-13-2-1-11(8-16-13)12-4-9-3-10(5-12)7-15-6-9/h1-2,4,8-10,15H,3,5-7H2/t9-,10+/m1/s1. The molecule has 1 aromatic rings. The van der Waals surface area contributed by atoms with Gasteiger partial charge in [-0.2, -0.15) is 0 Å². The Kier molecular flexibility index (Phi) is 2.70. The second-order valence-corrected chi connectivity index (χ2v) is 5.17. The Morgan fingerprint density at radius 3 is 3.00 bits per heavy atom. The minimum atomic E-state index is 0.571. The number of aromatic nitrogens is 1. The van der Waals surface area contributed by atoms with Gasteiger partial charge in [-0.25, -0.2) is 4.98 Å². The number of fused-ring (bicyclic) bond motifs is 2. The second-order valence-electron chi connectivity index (χ2n) is 4.79. The number of piperidine rings is 1. The Morgan fingerprint density at radius 1 is 1.31 bits per heavy atom. The third-order valence-electron chi connectivity index (χ3n) is 3.52. The number of nitrogens with one attached hydrogen (secondary N) is 1. The van der Waals surface area contributed by atoms with Crippen molar-refractivity contribution in [1.82, 2.24) is 10.3 Å². The lowest BCUT2D eigenvalue weighted by molar-refractivity contribution is 0.317. The van der Waals surface area contributed by atoms with Crippen molar-refractivity contribution in [2.24, 2.45) is 11.8 Å². The fourth-order valence-corrected chi connectivity index (χ4v) is 2.91.